The molecule has 0 spiro atoms. The lowest BCUT2D eigenvalue weighted by molar-refractivity contribution is 0.796. The molecule has 5 heteroatoms. The van der Waals surface area contributed by atoms with E-state index >= 15 is 0 Å². The summed E-state index contributed by atoms with van der Waals surface area (Å²) in [5.74, 6) is 0. The molecule has 1 aromatic carbocycles. The van der Waals surface area contributed by atoms with Crippen molar-refractivity contribution in [1.82, 2.24) is 15.0 Å². The topological polar surface area (TPSA) is 30.7 Å². The molecule has 1 heterocycles. The van der Waals surface area contributed by atoms with Crippen molar-refractivity contribution in [3.63, 3.8) is 0 Å². The predicted molar refractivity (Wildman–Crippen MR) is 63.3 cm³/mol. The van der Waals surface area contributed by atoms with Crippen LogP contribution in [0.1, 0.15) is 18.0 Å². The minimum absolute atomic E-state index is 0.116. The summed E-state index contributed by atoms with van der Waals surface area (Å²) in [5.41, 5.74) is 1.74. The maximum absolute atomic E-state index is 5.91. The lowest BCUT2D eigenvalue weighted by Crippen LogP contribution is -1.93. The third-order valence-corrected chi connectivity index (χ3v) is 2.76. The van der Waals surface area contributed by atoms with E-state index < -0.39 is 0 Å². The fraction of sp³-hybridized carbons (Fsp3) is 0.200. The van der Waals surface area contributed by atoms with E-state index in [1.54, 1.807) is 4.68 Å². The third kappa shape index (κ3) is 2.38. The molecule has 0 saturated carbocycles. The Balaban J connectivity index is 2.33. The van der Waals surface area contributed by atoms with Gasteiger partial charge in [0.1, 0.15) is 5.69 Å². The molecule has 78 valence electrons. The Kier molecular flexibility index (Phi) is 3.07. The number of rotatable bonds is 2. The predicted octanol–water partition coefficient (Wildman–Crippen LogP) is 3.33. The second-order valence-electron chi connectivity index (χ2n) is 3.18. The first-order valence-corrected chi connectivity index (χ1v) is 5.72. The lowest BCUT2D eigenvalue weighted by Gasteiger charge is -1.99. The molecule has 1 unspecified atom stereocenters. The zero-order valence-electron chi connectivity index (χ0n) is 8.06. The van der Waals surface area contributed by atoms with Crippen molar-refractivity contribution in [2.24, 2.45) is 0 Å². The third-order valence-electron chi connectivity index (χ3n) is 2.01. The van der Waals surface area contributed by atoms with E-state index in [0.29, 0.717) is 0 Å². The molecule has 2 aromatic rings. The molecule has 0 saturated heterocycles. The summed E-state index contributed by atoms with van der Waals surface area (Å²) < 4.78 is 2.75. The summed E-state index contributed by atoms with van der Waals surface area (Å²) in [5, 5.41) is 7.87. The Labute approximate surface area is 101 Å². The number of halogens is 2. The molecule has 15 heavy (non-hydrogen) atoms. The highest BCUT2D eigenvalue weighted by Crippen LogP contribution is 2.18. The van der Waals surface area contributed by atoms with E-state index in [9.17, 15) is 0 Å². The summed E-state index contributed by atoms with van der Waals surface area (Å²) in [6.45, 7) is 1.87. The quantitative estimate of drug-likeness (QED) is 0.793. The highest BCUT2D eigenvalue weighted by atomic mass is 79.9. The Morgan fingerprint density at radius 1 is 1.33 bits per heavy atom. The van der Waals surface area contributed by atoms with Gasteiger partial charge >= 0.3 is 0 Å². The number of hydrogen-bond acceptors (Lipinski definition) is 2. The average Bonchev–Trinajstić information content (AvgIpc) is 2.68. The molecule has 0 amide bonds. The van der Waals surface area contributed by atoms with Crippen LogP contribution >= 0.6 is 27.5 Å². The summed E-state index contributed by atoms with van der Waals surface area (Å²) in [6, 6.07) is 7.84. The summed E-state index contributed by atoms with van der Waals surface area (Å²) in [7, 11) is 0. The summed E-state index contributed by atoms with van der Waals surface area (Å²) >= 11 is 9.29. The van der Waals surface area contributed by atoms with Crippen molar-refractivity contribution in [1.29, 1.82) is 0 Å². The average molecular weight is 287 g/mol. The van der Waals surface area contributed by atoms with Crippen LogP contribution in [0.2, 0.25) is 0 Å². The van der Waals surface area contributed by atoms with E-state index in [1.165, 1.54) is 0 Å². The van der Waals surface area contributed by atoms with Crippen molar-refractivity contribution in [2.75, 3.05) is 0 Å². The first-order valence-electron chi connectivity index (χ1n) is 4.49. The van der Waals surface area contributed by atoms with Gasteiger partial charge in [0.05, 0.1) is 17.3 Å². The maximum Gasteiger partial charge on any atom is 0.101 e. The van der Waals surface area contributed by atoms with Crippen LogP contribution in [0.15, 0.2) is 34.9 Å². The Morgan fingerprint density at radius 3 is 2.53 bits per heavy atom. The van der Waals surface area contributed by atoms with E-state index in [-0.39, 0.29) is 5.38 Å². The van der Waals surface area contributed by atoms with Gasteiger partial charge in [0.2, 0.25) is 0 Å². The molecule has 1 aromatic heterocycles. The highest BCUT2D eigenvalue weighted by Gasteiger charge is 2.07. The van der Waals surface area contributed by atoms with Gasteiger partial charge in [-0.05, 0) is 31.2 Å². The number of alkyl halides is 1. The Bertz CT molecular complexity index is 450. The second kappa shape index (κ2) is 4.33. The molecule has 0 aliphatic carbocycles. The monoisotopic (exact) mass is 285 g/mol. The van der Waals surface area contributed by atoms with Gasteiger partial charge in [0, 0.05) is 4.47 Å². The number of aromatic nitrogens is 3. The molecule has 0 radical (unpaired) electrons. The van der Waals surface area contributed by atoms with Gasteiger partial charge < -0.3 is 0 Å². The van der Waals surface area contributed by atoms with Crippen LogP contribution in [0.25, 0.3) is 5.69 Å². The minimum Gasteiger partial charge on any atom is -0.220 e. The van der Waals surface area contributed by atoms with Gasteiger partial charge in [-0.2, -0.15) is 0 Å². The van der Waals surface area contributed by atoms with E-state index in [1.807, 2.05) is 37.4 Å². The van der Waals surface area contributed by atoms with Crippen LogP contribution in [0.5, 0.6) is 0 Å². The smallest absolute Gasteiger partial charge is 0.101 e. The Hall–Kier alpha value is -0.870. The van der Waals surface area contributed by atoms with Crippen molar-refractivity contribution in [2.45, 2.75) is 12.3 Å². The molecule has 0 aliphatic heterocycles. The lowest BCUT2D eigenvalue weighted by atomic mass is 10.3. The van der Waals surface area contributed by atoms with Crippen LogP contribution in [-0.2, 0) is 0 Å². The normalized spacial score (nSPS) is 12.7. The van der Waals surface area contributed by atoms with Crippen LogP contribution in [0.3, 0.4) is 0 Å². The maximum atomic E-state index is 5.91. The van der Waals surface area contributed by atoms with Gasteiger partial charge in [0.15, 0.2) is 0 Å². The fourth-order valence-electron chi connectivity index (χ4n) is 1.18. The molecule has 0 N–H and O–H groups in total. The van der Waals surface area contributed by atoms with E-state index in [2.05, 4.69) is 26.2 Å². The minimum atomic E-state index is -0.116. The molecule has 3 nitrogen and oxygen atoms in total. The van der Waals surface area contributed by atoms with Crippen molar-refractivity contribution >= 4 is 27.5 Å². The second-order valence-corrected chi connectivity index (χ2v) is 4.75. The van der Waals surface area contributed by atoms with Gasteiger partial charge in [-0.15, -0.1) is 16.7 Å². The van der Waals surface area contributed by atoms with Gasteiger partial charge in [-0.3, -0.25) is 0 Å². The number of nitrogens with zero attached hydrogens (tertiary/aromatic N) is 3. The standard InChI is InChI=1S/C10H9BrClN3/c1-7(12)10-6-15(14-13-10)9-4-2-8(11)3-5-9/h2-7H,1H3. The number of hydrogen-bond donors (Lipinski definition) is 0. The van der Waals surface area contributed by atoms with Gasteiger partial charge in [-0.1, -0.05) is 21.1 Å². The molecule has 0 aliphatic rings. The highest BCUT2D eigenvalue weighted by molar-refractivity contribution is 9.10. The molecule has 0 bridgehead atoms. The SMILES string of the molecule is CC(Cl)c1cn(-c2ccc(Br)cc2)nn1. The van der Waals surface area contributed by atoms with Gasteiger partial charge in [0.25, 0.3) is 0 Å². The first-order chi connectivity index (χ1) is 7.16. The molecular weight excluding hydrogens is 277 g/mol. The van der Waals surface area contributed by atoms with Gasteiger partial charge in [-0.25, -0.2) is 4.68 Å². The summed E-state index contributed by atoms with van der Waals surface area (Å²) in [4.78, 5) is 0. The zero-order valence-corrected chi connectivity index (χ0v) is 10.4. The zero-order chi connectivity index (χ0) is 10.8. The molecular formula is C10H9BrClN3. The number of benzene rings is 1. The molecule has 1 atom stereocenters. The first kappa shape index (κ1) is 10.6. The van der Waals surface area contributed by atoms with Crippen molar-refractivity contribution in [3.05, 3.63) is 40.6 Å². The Morgan fingerprint density at radius 2 is 2.00 bits per heavy atom. The van der Waals surface area contributed by atoms with Crippen molar-refractivity contribution in [3.8, 4) is 5.69 Å². The van der Waals surface area contributed by atoms with E-state index in [0.717, 1.165) is 15.9 Å². The van der Waals surface area contributed by atoms with Crippen LogP contribution in [0.4, 0.5) is 0 Å². The largest absolute Gasteiger partial charge is 0.220 e. The van der Waals surface area contributed by atoms with Crippen LogP contribution < -0.4 is 0 Å². The van der Waals surface area contributed by atoms with Crippen molar-refractivity contribution < 1.29 is 0 Å². The fourth-order valence-corrected chi connectivity index (χ4v) is 1.54. The summed E-state index contributed by atoms with van der Waals surface area (Å²) in [6.07, 6.45) is 1.83. The van der Waals surface area contributed by atoms with E-state index in [4.69, 9.17) is 11.6 Å². The van der Waals surface area contributed by atoms with Crippen LogP contribution in [0, 0.1) is 0 Å². The molecule has 0 fully saturated rings. The molecule has 2 rings (SSSR count). The van der Waals surface area contributed by atoms with Crippen LogP contribution in [-0.4, -0.2) is 15.0 Å².